The van der Waals surface area contributed by atoms with Crippen LogP contribution < -0.4 is 0 Å². The molecule has 0 heterocycles. The van der Waals surface area contributed by atoms with E-state index in [4.69, 9.17) is 23.2 Å². The first-order valence-electron chi connectivity index (χ1n) is 5.33. The van der Waals surface area contributed by atoms with Crippen LogP contribution in [0.4, 0.5) is 8.78 Å². The molecule has 0 bridgehead atoms. The lowest BCUT2D eigenvalue weighted by molar-refractivity contribution is 0.587. The zero-order valence-electron chi connectivity index (χ0n) is 9.55. The van der Waals surface area contributed by atoms with E-state index >= 15 is 0 Å². The van der Waals surface area contributed by atoms with Gasteiger partial charge in [0.2, 0.25) is 0 Å². The van der Waals surface area contributed by atoms with Crippen molar-refractivity contribution in [2.24, 2.45) is 0 Å². The molecule has 0 spiro atoms. The normalized spacial score (nSPS) is 12.5. The van der Waals surface area contributed by atoms with Gasteiger partial charge in [0.1, 0.15) is 11.6 Å². The highest BCUT2D eigenvalue weighted by Gasteiger charge is 2.16. The predicted octanol–water partition coefficient (Wildman–Crippen LogP) is 5.25. The average Bonchev–Trinajstić information content (AvgIpc) is 2.30. The SMILES string of the molecule is Cc1cc(Cl)cc(C(Cl)c2cc(F)ccc2F)c1. The van der Waals surface area contributed by atoms with E-state index in [0.717, 1.165) is 23.8 Å². The highest BCUT2D eigenvalue weighted by molar-refractivity contribution is 6.31. The fourth-order valence-corrected chi connectivity index (χ4v) is 2.39. The highest BCUT2D eigenvalue weighted by atomic mass is 35.5. The Morgan fingerprint density at radius 2 is 1.78 bits per heavy atom. The lowest BCUT2D eigenvalue weighted by Crippen LogP contribution is -1.98. The summed E-state index contributed by atoms with van der Waals surface area (Å²) < 4.78 is 26.8. The summed E-state index contributed by atoms with van der Waals surface area (Å²) >= 11 is 12.1. The highest BCUT2D eigenvalue weighted by Crippen LogP contribution is 2.33. The monoisotopic (exact) mass is 286 g/mol. The Morgan fingerprint density at radius 1 is 1.06 bits per heavy atom. The number of alkyl halides is 1. The molecule has 1 unspecified atom stereocenters. The van der Waals surface area contributed by atoms with Crippen molar-refractivity contribution >= 4 is 23.2 Å². The van der Waals surface area contributed by atoms with E-state index in [-0.39, 0.29) is 5.56 Å². The van der Waals surface area contributed by atoms with Crippen LogP contribution in [-0.4, -0.2) is 0 Å². The first-order chi connectivity index (χ1) is 8.47. The van der Waals surface area contributed by atoms with E-state index in [1.807, 2.05) is 6.92 Å². The van der Waals surface area contributed by atoms with Crippen LogP contribution in [0.25, 0.3) is 0 Å². The maximum atomic E-state index is 13.6. The zero-order chi connectivity index (χ0) is 13.3. The average molecular weight is 287 g/mol. The molecule has 4 heteroatoms. The predicted molar refractivity (Wildman–Crippen MR) is 70.2 cm³/mol. The molecule has 0 radical (unpaired) electrons. The summed E-state index contributed by atoms with van der Waals surface area (Å²) in [6.45, 7) is 1.86. The van der Waals surface area contributed by atoms with Crippen molar-refractivity contribution in [2.75, 3.05) is 0 Å². The molecular formula is C14H10Cl2F2. The summed E-state index contributed by atoms with van der Waals surface area (Å²) in [4.78, 5) is 0. The van der Waals surface area contributed by atoms with Crippen LogP contribution in [0.3, 0.4) is 0 Å². The Hall–Kier alpha value is -1.12. The fraction of sp³-hybridized carbons (Fsp3) is 0.143. The smallest absolute Gasteiger partial charge is 0.128 e. The van der Waals surface area contributed by atoms with Crippen LogP contribution in [0.2, 0.25) is 5.02 Å². The van der Waals surface area contributed by atoms with Crippen molar-refractivity contribution in [3.63, 3.8) is 0 Å². The van der Waals surface area contributed by atoms with Crippen molar-refractivity contribution in [1.29, 1.82) is 0 Å². The second-order valence-corrected chi connectivity index (χ2v) is 4.96. The first-order valence-corrected chi connectivity index (χ1v) is 6.15. The van der Waals surface area contributed by atoms with Gasteiger partial charge >= 0.3 is 0 Å². The van der Waals surface area contributed by atoms with Gasteiger partial charge < -0.3 is 0 Å². The summed E-state index contributed by atoms with van der Waals surface area (Å²) in [6.07, 6.45) is 0. The fourth-order valence-electron chi connectivity index (χ4n) is 1.80. The maximum Gasteiger partial charge on any atom is 0.128 e. The molecule has 0 aliphatic carbocycles. The Kier molecular flexibility index (Phi) is 3.88. The number of hydrogen-bond acceptors (Lipinski definition) is 0. The molecule has 0 saturated heterocycles. The molecule has 0 aliphatic rings. The summed E-state index contributed by atoms with van der Waals surface area (Å²) in [7, 11) is 0. The molecule has 2 rings (SSSR count). The number of halogens is 4. The van der Waals surface area contributed by atoms with E-state index in [9.17, 15) is 8.78 Å². The second kappa shape index (κ2) is 5.25. The molecule has 0 amide bonds. The van der Waals surface area contributed by atoms with Crippen LogP contribution in [0, 0.1) is 18.6 Å². The van der Waals surface area contributed by atoms with Gasteiger partial charge in [-0.25, -0.2) is 8.78 Å². The lowest BCUT2D eigenvalue weighted by Gasteiger charge is -2.12. The summed E-state index contributed by atoms with van der Waals surface area (Å²) in [5.41, 5.74) is 1.67. The Balaban J connectivity index is 2.47. The Labute approximate surface area is 114 Å². The number of rotatable bonds is 2. The van der Waals surface area contributed by atoms with E-state index in [0.29, 0.717) is 10.6 Å². The van der Waals surface area contributed by atoms with Gasteiger partial charge in [-0.05, 0) is 48.4 Å². The number of benzene rings is 2. The third kappa shape index (κ3) is 2.82. The molecule has 1 atom stereocenters. The standard InChI is InChI=1S/C14H10Cl2F2/c1-8-4-9(6-10(15)5-8)14(16)12-7-11(17)2-3-13(12)18/h2-7,14H,1H3. The molecule has 2 aromatic carbocycles. The lowest BCUT2D eigenvalue weighted by atomic mass is 10.0. The van der Waals surface area contributed by atoms with Gasteiger partial charge in [0.25, 0.3) is 0 Å². The molecular weight excluding hydrogens is 277 g/mol. The minimum atomic E-state index is -0.766. The van der Waals surface area contributed by atoms with Crippen molar-refractivity contribution in [3.05, 3.63) is 69.7 Å². The number of aryl methyl sites for hydroxylation is 1. The summed E-state index contributed by atoms with van der Waals surface area (Å²) in [5, 5.41) is -0.245. The van der Waals surface area contributed by atoms with Gasteiger partial charge in [0, 0.05) is 10.6 Å². The first kappa shape index (κ1) is 13.3. The zero-order valence-corrected chi connectivity index (χ0v) is 11.1. The quantitative estimate of drug-likeness (QED) is 0.661. The van der Waals surface area contributed by atoms with Gasteiger partial charge in [-0.1, -0.05) is 17.7 Å². The van der Waals surface area contributed by atoms with Crippen molar-refractivity contribution in [2.45, 2.75) is 12.3 Å². The summed E-state index contributed by atoms with van der Waals surface area (Å²) in [6, 6.07) is 8.45. The van der Waals surface area contributed by atoms with Crippen LogP contribution in [-0.2, 0) is 0 Å². The topological polar surface area (TPSA) is 0 Å². The molecule has 0 N–H and O–H groups in total. The molecule has 18 heavy (non-hydrogen) atoms. The van der Waals surface area contributed by atoms with Gasteiger partial charge in [-0.2, -0.15) is 0 Å². The molecule has 94 valence electrons. The van der Waals surface area contributed by atoms with Crippen LogP contribution in [0.5, 0.6) is 0 Å². The minimum absolute atomic E-state index is 0.110. The Morgan fingerprint density at radius 3 is 2.44 bits per heavy atom. The van der Waals surface area contributed by atoms with Gasteiger partial charge in [0.05, 0.1) is 5.38 Å². The van der Waals surface area contributed by atoms with Gasteiger partial charge in [-0.3, -0.25) is 0 Å². The maximum absolute atomic E-state index is 13.6. The van der Waals surface area contributed by atoms with E-state index in [1.54, 1.807) is 18.2 Å². The van der Waals surface area contributed by atoms with Crippen LogP contribution >= 0.6 is 23.2 Å². The molecule has 0 aromatic heterocycles. The van der Waals surface area contributed by atoms with Gasteiger partial charge in [-0.15, -0.1) is 11.6 Å². The molecule has 0 aliphatic heterocycles. The largest absolute Gasteiger partial charge is 0.207 e. The van der Waals surface area contributed by atoms with E-state index < -0.39 is 17.0 Å². The third-order valence-corrected chi connectivity index (χ3v) is 3.29. The number of hydrogen-bond donors (Lipinski definition) is 0. The summed E-state index contributed by atoms with van der Waals surface area (Å²) in [5.74, 6) is -1.05. The van der Waals surface area contributed by atoms with Crippen LogP contribution in [0.15, 0.2) is 36.4 Å². The van der Waals surface area contributed by atoms with Crippen molar-refractivity contribution in [3.8, 4) is 0 Å². The van der Waals surface area contributed by atoms with Crippen molar-refractivity contribution in [1.82, 2.24) is 0 Å². The molecule has 2 aromatic rings. The van der Waals surface area contributed by atoms with Crippen LogP contribution in [0.1, 0.15) is 22.1 Å². The minimum Gasteiger partial charge on any atom is -0.207 e. The third-order valence-electron chi connectivity index (χ3n) is 2.59. The van der Waals surface area contributed by atoms with Crippen molar-refractivity contribution < 1.29 is 8.78 Å². The second-order valence-electron chi connectivity index (χ2n) is 4.09. The van der Waals surface area contributed by atoms with E-state index in [2.05, 4.69) is 0 Å². The van der Waals surface area contributed by atoms with E-state index in [1.165, 1.54) is 0 Å². The molecule has 0 fully saturated rings. The Bertz CT molecular complexity index is 562. The van der Waals surface area contributed by atoms with Gasteiger partial charge in [0.15, 0.2) is 0 Å². The molecule has 0 saturated carbocycles. The molecule has 0 nitrogen and oxygen atoms in total.